The Morgan fingerprint density at radius 2 is 1.90 bits per heavy atom. The van der Waals surface area contributed by atoms with Crippen LogP contribution in [0.2, 0.25) is 0 Å². The first-order chi connectivity index (χ1) is 9.83. The van der Waals surface area contributed by atoms with Crippen LogP contribution in [0.5, 0.6) is 0 Å². The van der Waals surface area contributed by atoms with Gasteiger partial charge in [-0.15, -0.1) is 0 Å². The van der Waals surface area contributed by atoms with Crippen LogP contribution in [0, 0.1) is 0 Å². The second kappa shape index (κ2) is 4.49. The molecule has 0 saturated carbocycles. The number of thioether (sulfide) groups is 1. The van der Waals surface area contributed by atoms with Gasteiger partial charge in [-0.05, 0) is 10.8 Å². The minimum absolute atomic E-state index is 0.00272. The summed E-state index contributed by atoms with van der Waals surface area (Å²) >= 11 is 1.74. The number of H-pyrrole nitrogens is 1. The van der Waals surface area contributed by atoms with Crippen molar-refractivity contribution < 1.29 is 0 Å². The van der Waals surface area contributed by atoms with Gasteiger partial charge in [0, 0.05) is 22.6 Å². The molecule has 0 atom stereocenters. The number of aromatic amines is 1. The van der Waals surface area contributed by atoms with Crippen molar-refractivity contribution in [2.45, 2.75) is 11.5 Å². The van der Waals surface area contributed by atoms with E-state index in [1.807, 2.05) is 24.3 Å². The number of benzene rings is 2. The normalized spacial score (nSPS) is 13.6. The molecule has 0 fully saturated rings. The van der Waals surface area contributed by atoms with Gasteiger partial charge in [-0.3, -0.25) is 4.79 Å². The molecule has 2 heterocycles. The van der Waals surface area contributed by atoms with E-state index in [2.05, 4.69) is 28.2 Å². The van der Waals surface area contributed by atoms with Crippen LogP contribution < -0.4 is 5.56 Å². The molecule has 0 saturated heterocycles. The van der Waals surface area contributed by atoms with Gasteiger partial charge in [-0.1, -0.05) is 42.5 Å². The average Bonchev–Trinajstić information content (AvgIpc) is 2.95. The number of hydrogen-bond acceptors (Lipinski definition) is 3. The molecule has 4 heteroatoms. The van der Waals surface area contributed by atoms with Gasteiger partial charge in [0.05, 0.1) is 5.69 Å². The van der Waals surface area contributed by atoms with Crippen molar-refractivity contribution in [2.24, 2.45) is 0 Å². The van der Waals surface area contributed by atoms with Gasteiger partial charge >= 0.3 is 0 Å². The van der Waals surface area contributed by atoms with E-state index in [0.29, 0.717) is 5.82 Å². The Hall–Kier alpha value is -2.07. The summed E-state index contributed by atoms with van der Waals surface area (Å²) in [7, 11) is 0. The first kappa shape index (κ1) is 11.7. The van der Waals surface area contributed by atoms with Crippen molar-refractivity contribution in [3.8, 4) is 11.4 Å². The number of rotatable bonds is 1. The van der Waals surface area contributed by atoms with Gasteiger partial charge in [0.1, 0.15) is 5.82 Å². The molecule has 1 aromatic heterocycles. The van der Waals surface area contributed by atoms with Crippen LogP contribution >= 0.6 is 11.8 Å². The van der Waals surface area contributed by atoms with Crippen molar-refractivity contribution in [3.63, 3.8) is 0 Å². The van der Waals surface area contributed by atoms with E-state index < -0.39 is 0 Å². The molecule has 1 aliphatic rings. The summed E-state index contributed by atoms with van der Waals surface area (Å²) < 4.78 is 0. The molecule has 3 aromatic rings. The average molecular weight is 280 g/mol. The van der Waals surface area contributed by atoms with Gasteiger partial charge in [0.15, 0.2) is 0 Å². The SMILES string of the molecule is O=c1[nH]c(-c2cccc3ccccc23)nc2c1CSC2. The summed E-state index contributed by atoms with van der Waals surface area (Å²) in [6.45, 7) is 0. The van der Waals surface area contributed by atoms with Crippen molar-refractivity contribution in [1.29, 1.82) is 0 Å². The van der Waals surface area contributed by atoms with Crippen LogP contribution in [-0.2, 0) is 11.5 Å². The smallest absolute Gasteiger partial charge is 0.255 e. The fraction of sp³-hybridized carbons (Fsp3) is 0.125. The summed E-state index contributed by atoms with van der Waals surface area (Å²) in [6.07, 6.45) is 0. The van der Waals surface area contributed by atoms with Crippen LogP contribution in [0.4, 0.5) is 0 Å². The van der Waals surface area contributed by atoms with Crippen molar-refractivity contribution >= 4 is 22.5 Å². The van der Waals surface area contributed by atoms with Gasteiger partial charge in [-0.25, -0.2) is 4.98 Å². The number of fused-ring (bicyclic) bond motifs is 2. The highest BCUT2D eigenvalue weighted by Crippen LogP contribution is 2.29. The lowest BCUT2D eigenvalue weighted by atomic mass is 10.0. The molecular formula is C16H12N2OS. The zero-order valence-electron chi connectivity index (χ0n) is 10.7. The van der Waals surface area contributed by atoms with E-state index in [1.54, 1.807) is 11.8 Å². The van der Waals surface area contributed by atoms with E-state index in [9.17, 15) is 4.79 Å². The van der Waals surface area contributed by atoms with Gasteiger partial charge in [0.2, 0.25) is 0 Å². The maximum absolute atomic E-state index is 12.1. The molecule has 1 aliphatic heterocycles. The molecule has 20 heavy (non-hydrogen) atoms. The second-order valence-electron chi connectivity index (χ2n) is 4.86. The minimum Gasteiger partial charge on any atom is -0.306 e. The Morgan fingerprint density at radius 1 is 1.05 bits per heavy atom. The lowest BCUT2D eigenvalue weighted by molar-refractivity contribution is 1.04. The van der Waals surface area contributed by atoms with Crippen LogP contribution in [0.25, 0.3) is 22.2 Å². The molecule has 0 aliphatic carbocycles. The molecular weight excluding hydrogens is 268 g/mol. The third kappa shape index (κ3) is 1.76. The highest BCUT2D eigenvalue weighted by molar-refractivity contribution is 7.98. The molecule has 3 nitrogen and oxygen atoms in total. The lowest BCUT2D eigenvalue weighted by Gasteiger charge is -2.07. The third-order valence-corrected chi connectivity index (χ3v) is 4.60. The van der Waals surface area contributed by atoms with Crippen LogP contribution in [-0.4, -0.2) is 9.97 Å². The van der Waals surface area contributed by atoms with E-state index in [1.165, 1.54) is 0 Å². The predicted octanol–water partition coefficient (Wildman–Crippen LogP) is 3.34. The Morgan fingerprint density at radius 3 is 2.85 bits per heavy atom. The number of nitrogens with zero attached hydrogens (tertiary/aromatic N) is 1. The summed E-state index contributed by atoms with van der Waals surface area (Å²) in [5.41, 5.74) is 2.75. The van der Waals surface area contributed by atoms with Crippen LogP contribution in [0.15, 0.2) is 47.3 Å². The molecule has 2 aromatic carbocycles. The summed E-state index contributed by atoms with van der Waals surface area (Å²) in [5.74, 6) is 2.28. The maximum atomic E-state index is 12.1. The highest BCUT2D eigenvalue weighted by atomic mass is 32.2. The Bertz CT molecular complexity index is 864. The first-order valence-corrected chi connectivity index (χ1v) is 7.66. The molecule has 0 bridgehead atoms. The minimum atomic E-state index is 0.00272. The summed E-state index contributed by atoms with van der Waals surface area (Å²) in [4.78, 5) is 19.7. The molecule has 1 N–H and O–H groups in total. The van der Waals surface area contributed by atoms with Gasteiger partial charge < -0.3 is 4.98 Å². The third-order valence-electron chi connectivity index (χ3n) is 3.63. The number of aromatic nitrogens is 2. The first-order valence-electron chi connectivity index (χ1n) is 6.51. The summed E-state index contributed by atoms with van der Waals surface area (Å²) in [5, 5.41) is 2.27. The Balaban J connectivity index is 2.01. The largest absolute Gasteiger partial charge is 0.306 e. The van der Waals surface area contributed by atoms with E-state index in [4.69, 9.17) is 0 Å². The van der Waals surface area contributed by atoms with Gasteiger partial charge in [0.25, 0.3) is 5.56 Å². The van der Waals surface area contributed by atoms with E-state index >= 15 is 0 Å². The molecule has 0 spiro atoms. The quantitative estimate of drug-likeness (QED) is 0.743. The van der Waals surface area contributed by atoms with Crippen molar-refractivity contribution in [3.05, 3.63) is 64.1 Å². The summed E-state index contributed by atoms with van der Waals surface area (Å²) in [6, 6.07) is 14.2. The fourth-order valence-electron chi connectivity index (χ4n) is 2.62. The zero-order valence-corrected chi connectivity index (χ0v) is 11.5. The van der Waals surface area contributed by atoms with E-state index in [0.717, 1.165) is 39.1 Å². The number of hydrogen-bond donors (Lipinski definition) is 1. The molecule has 0 radical (unpaired) electrons. The Kier molecular flexibility index (Phi) is 2.63. The molecule has 4 rings (SSSR count). The highest BCUT2D eigenvalue weighted by Gasteiger charge is 2.18. The van der Waals surface area contributed by atoms with Crippen molar-refractivity contribution in [1.82, 2.24) is 9.97 Å². The lowest BCUT2D eigenvalue weighted by Crippen LogP contribution is -2.15. The topological polar surface area (TPSA) is 45.8 Å². The second-order valence-corrected chi connectivity index (χ2v) is 5.84. The standard InChI is InChI=1S/C16H12N2OS/c19-16-13-8-20-9-14(13)17-15(18-16)12-7-3-5-10-4-1-2-6-11(10)12/h1-7H,8-9H2,(H,17,18,19). The zero-order chi connectivity index (χ0) is 13.5. The van der Waals surface area contributed by atoms with Crippen LogP contribution in [0.1, 0.15) is 11.3 Å². The fourth-order valence-corrected chi connectivity index (χ4v) is 3.66. The monoisotopic (exact) mass is 280 g/mol. The maximum Gasteiger partial charge on any atom is 0.255 e. The Labute approximate surface area is 120 Å². The molecule has 0 unspecified atom stereocenters. The molecule has 98 valence electrons. The van der Waals surface area contributed by atoms with Crippen LogP contribution in [0.3, 0.4) is 0 Å². The van der Waals surface area contributed by atoms with E-state index in [-0.39, 0.29) is 5.56 Å². The van der Waals surface area contributed by atoms with Crippen molar-refractivity contribution in [2.75, 3.05) is 0 Å². The number of nitrogens with one attached hydrogen (secondary N) is 1. The molecule has 0 amide bonds. The predicted molar refractivity (Wildman–Crippen MR) is 82.8 cm³/mol. The van der Waals surface area contributed by atoms with Gasteiger partial charge in [-0.2, -0.15) is 11.8 Å².